The van der Waals surface area contributed by atoms with Gasteiger partial charge in [-0.25, -0.2) is 4.79 Å². The Labute approximate surface area is 185 Å². The number of unbranched alkanes of at least 4 members (excludes halogenated alkanes) is 3. The molecule has 0 amide bonds. The van der Waals surface area contributed by atoms with Gasteiger partial charge in [0, 0.05) is 5.56 Å². The smallest absolute Gasteiger partial charge is 0.343 e. The second kappa shape index (κ2) is 11.9. The van der Waals surface area contributed by atoms with Gasteiger partial charge < -0.3 is 9.47 Å². The number of carbonyl (C=O) groups excluding carboxylic acids is 1. The lowest BCUT2D eigenvalue weighted by molar-refractivity contribution is 0.0734. The lowest BCUT2D eigenvalue weighted by Crippen LogP contribution is -2.08. The molecule has 1 heterocycles. The maximum Gasteiger partial charge on any atom is 0.343 e. The van der Waals surface area contributed by atoms with Crippen molar-refractivity contribution in [3.8, 4) is 22.8 Å². The van der Waals surface area contributed by atoms with Gasteiger partial charge in [0.2, 0.25) is 0 Å². The monoisotopic (exact) mass is 417 g/mol. The Morgan fingerprint density at radius 1 is 0.806 bits per heavy atom. The molecule has 4 nitrogen and oxygen atoms in total. The third-order valence-electron chi connectivity index (χ3n) is 5.08. The molecule has 1 aromatic heterocycles. The summed E-state index contributed by atoms with van der Waals surface area (Å²) < 4.78 is 11.1. The number of pyridine rings is 1. The van der Waals surface area contributed by atoms with Gasteiger partial charge in [0.1, 0.15) is 11.5 Å². The van der Waals surface area contributed by atoms with E-state index in [0.29, 0.717) is 17.9 Å². The van der Waals surface area contributed by atoms with Gasteiger partial charge in [-0.1, -0.05) is 45.2 Å². The van der Waals surface area contributed by atoms with E-state index in [1.807, 2.05) is 54.6 Å². The van der Waals surface area contributed by atoms with Crippen LogP contribution in [0.3, 0.4) is 0 Å². The maximum absolute atomic E-state index is 12.4. The van der Waals surface area contributed by atoms with Crippen LogP contribution in [-0.4, -0.2) is 17.6 Å². The Kier molecular flexibility index (Phi) is 8.65. The highest BCUT2D eigenvalue weighted by atomic mass is 16.5. The van der Waals surface area contributed by atoms with Gasteiger partial charge in [-0.3, -0.25) is 4.98 Å². The summed E-state index contributed by atoms with van der Waals surface area (Å²) in [5, 5.41) is 0. The van der Waals surface area contributed by atoms with E-state index >= 15 is 0 Å². The average Bonchev–Trinajstić information content (AvgIpc) is 2.82. The quantitative estimate of drug-likeness (QED) is 0.252. The van der Waals surface area contributed by atoms with E-state index in [1.165, 1.54) is 31.2 Å². The Morgan fingerprint density at radius 3 is 2.19 bits per heavy atom. The number of hydrogen-bond acceptors (Lipinski definition) is 4. The van der Waals surface area contributed by atoms with Crippen LogP contribution in [0, 0.1) is 0 Å². The van der Waals surface area contributed by atoms with Crippen molar-refractivity contribution in [3.05, 3.63) is 78.0 Å². The summed E-state index contributed by atoms with van der Waals surface area (Å²) >= 11 is 0. The van der Waals surface area contributed by atoms with Crippen LogP contribution in [0.15, 0.2) is 66.9 Å². The SMILES string of the molecule is CCCCCCc1ccc(C(=O)Oc2ccc(-c3ccc(OCCC)cc3)nc2)cc1. The van der Waals surface area contributed by atoms with Gasteiger partial charge in [0.25, 0.3) is 0 Å². The molecule has 162 valence electrons. The summed E-state index contributed by atoms with van der Waals surface area (Å²) in [7, 11) is 0. The zero-order chi connectivity index (χ0) is 21.9. The molecule has 0 aliphatic rings. The topological polar surface area (TPSA) is 48.4 Å². The van der Waals surface area contributed by atoms with E-state index in [-0.39, 0.29) is 5.97 Å². The fraction of sp³-hybridized carbons (Fsp3) is 0.333. The Balaban J connectivity index is 1.55. The summed E-state index contributed by atoms with van der Waals surface area (Å²) in [6.45, 7) is 5.00. The van der Waals surface area contributed by atoms with Crippen molar-refractivity contribution < 1.29 is 14.3 Å². The van der Waals surface area contributed by atoms with Gasteiger partial charge in [0.15, 0.2) is 0 Å². The number of aryl methyl sites for hydroxylation is 1. The normalized spacial score (nSPS) is 10.6. The Hall–Kier alpha value is -3.14. The molecule has 3 rings (SSSR count). The van der Waals surface area contributed by atoms with Crippen molar-refractivity contribution in [2.24, 2.45) is 0 Å². The van der Waals surface area contributed by atoms with Crippen LogP contribution in [0.4, 0.5) is 0 Å². The number of benzene rings is 2. The predicted octanol–water partition coefficient (Wildman–Crippen LogP) is 6.88. The summed E-state index contributed by atoms with van der Waals surface area (Å²) in [6.07, 6.45) is 8.55. The Morgan fingerprint density at radius 2 is 1.55 bits per heavy atom. The minimum Gasteiger partial charge on any atom is -0.494 e. The first-order valence-corrected chi connectivity index (χ1v) is 11.2. The second-order valence-corrected chi connectivity index (χ2v) is 7.65. The molecule has 31 heavy (non-hydrogen) atoms. The number of aromatic nitrogens is 1. The third kappa shape index (κ3) is 6.95. The lowest BCUT2D eigenvalue weighted by Gasteiger charge is -2.08. The summed E-state index contributed by atoms with van der Waals surface area (Å²) in [5.74, 6) is 0.910. The van der Waals surface area contributed by atoms with E-state index in [9.17, 15) is 4.79 Å². The molecule has 0 N–H and O–H groups in total. The fourth-order valence-corrected chi connectivity index (χ4v) is 3.28. The van der Waals surface area contributed by atoms with Crippen molar-refractivity contribution in [1.82, 2.24) is 4.98 Å². The molecule has 0 aliphatic carbocycles. The molecule has 0 bridgehead atoms. The zero-order valence-electron chi connectivity index (χ0n) is 18.5. The summed E-state index contributed by atoms with van der Waals surface area (Å²) in [6, 6.07) is 19.1. The molecule has 0 fully saturated rings. The van der Waals surface area contributed by atoms with Gasteiger partial charge in [-0.15, -0.1) is 0 Å². The minimum absolute atomic E-state index is 0.371. The number of rotatable bonds is 11. The number of hydrogen-bond donors (Lipinski definition) is 0. The number of carbonyl (C=O) groups is 1. The van der Waals surface area contributed by atoms with E-state index in [1.54, 1.807) is 12.3 Å². The van der Waals surface area contributed by atoms with Crippen LogP contribution in [0.2, 0.25) is 0 Å². The van der Waals surface area contributed by atoms with Crippen molar-refractivity contribution in [3.63, 3.8) is 0 Å². The molecule has 4 heteroatoms. The lowest BCUT2D eigenvalue weighted by atomic mass is 10.0. The first-order valence-electron chi connectivity index (χ1n) is 11.2. The van der Waals surface area contributed by atoms with E-state index in [2.05, 4.69) is 18.8 Å². The molecular formula is C27H31NO3. The van der Waals surface area contributed by atoms with Crippen LogP contribution in [-0.2, 0) is 6.42 Å². The first-order chi connectivity index (χ1) is 15.2. The van der Waals surface area contributed by atoms with Gasteiger partial charge >= 0.3 is 5.97 Å². The first kappa shape index (κ1) is 22.5. The average molecular weight is 418 g/mol. The molecule has 0 aliphatic heterocycles. The van der Waals surface area contributed by atoms with Crippen LogP contribution >= 0.6 is 0 Å². The summed E-state index contributed by atoms with van der Waals surface area (Å²) in [5.41, 5.74) is 3.60. The molecule has 0 radical (unpaired) electrons. The highest BCUT2D eigenvalue weighted by Gasteiger charge is 2.09. The van der Waals surface area contributed by atoms with Crippen LogP contribution in [0.5, 0.6) is 11.5 Å². The van der Waals surface area contributed by atoms with Crippen molar-refractivity contribution in [2.75, 3.05) is 6.61 Å². The van der Waals surface area contributed by atoms with Crippen molar-refractivity contribution in [2.45, 2.75) is 52.4 Å². The fourth-order valence-electron chi connectivity index (χ4n) is 3.28. The van der Waals surface area contributed by atoms with Crippen molar-refractivity contribution in [1.29, 1.82) is 0 Å². The zero-order valence-corrected chi connectivity index (χ0v) is 18.5. The van der Waals surface area contributed by atoms with Crippen LogP contribution in [0.25, 0.3) is 11.3 Å². The van der Waals surface area contributed by atoms with E-state index in [0.717, 1.165) is 29.8 Å². The molecular weight excluding hydrogens is 386 g/mol. The predicted molar refractivity (Wildman–Crippen MR) is 125 cm³/mol. The Bertz CT molecular complexity index is 932. The summed E-state index contributed by atoms with van der Waals surface area (Å²) in [4.78, 5) is 16.9. The number of ether oxygens (including phenoxy) is 2. The second-order valence-electron chi connectivity index (χ2n) is 7.65. The van der Waals surface area contributed by atoms with Crippen LogP contribution in [0.1, 0.15) is 61.9 Å². The number of nitrogens with zero attached hydrogens (tertiary/aromatic N) is 1. The van der Waals surface area contributed by atoms with Crippen LogP contribution < -0.4 is 9.47 Å². The number of esters is 1. The standard InChI is InChI=1S/C27H31NO3/c1-3-5-6-7-8-21-9-11-23(12-10-21)27(29)31-25-17-18-26(28-20-25)22-13-15-24(16-14-22)30-19-4-2/h9-18,20H,3-8,19H2,1-2H3. The highest BCUT2D eigenvalue weighted by Crippen LogP contribution is 2.23. The van der Waals surface area contributed by atoms with Gasteiger partial charge in [-0.05, 0) is 73.4 Å². The molecule has 0 spiro atoms. The minimum atomic E-state index is -0.371. The third-order valence-corrected chi connectivity index (χ3v) is 5.08. The highest BCUT2D eigenvalue weighted by molar-refractivity contribution is 5.91. The maximum atomic E-state index is 12.4. The van der Waals surface area contributed by atoms with Gasteiger partial charge in [-0.2, -0.15) is 0 Å². The molecule has 0 atom stereocenters. The van der Waals surface area contributed by atoms with Gasteiger partial charge in [0.05, 0.1) is 24.1 Å². The molecule has 0 saturated carbocycles. The van der Waals surface area contributed by atoms with E-state index < -0.39 is 0 Å². The molecule has 2 aromatic carbocycles. The van der Waals surface area contributed by atoms with Crippen molar-refractivity contribution >= 4 is 5.97 Å². The van der Waals surface area contributed by atoms with E-state index in [4.69, 9.17) is 9.47 Å². The molecule has 3 aromatic rings. The molecule has 0 unspecified atom stereocenters. The largest absolute Gasteiger partial charge is 0.494 e. The molecule has 0 saturated heterocycles.